The van der Waals surface area contributed by atoms with Gasteiger partial charge >= 0.3 is 0 Å². The van der Waals surface area contributed by atoms with Gasteiger partial charge in [0.2, 0.25) is 5.91 Å². The normalized spacial score (nSPS) is 14.8. The molecule has 0 spiro atoms. The van der Waals surface area contributed by atoms with Gasteiger partial charge in [-0.05, 0) is 44.0 Å². The van der Waals surface area contributed by atoms with E-state index in [1.807, 2.05) is 24.0 Å². The van der Waals surface area contributed by atoms with Crippen LogP contribution in [0.1, 0.15) is 29.3 Å². The standard InChI is InChI=1S/C27H31FN4O2S/c1-18-9-5-8-12-24(18)31-13-15-32(16-14-31)25(33)20(3)35-27-29-19(2)22(26(34)30(27)4)17-21-10-6-7-11-23(21)28/h5-12,20H,13-17H2,1-4H3. The molecule has 35 heavy (non-hydrogen) atoms. The molecule has 1 aliphatic heterocycles. The van der Waals surface area contributed by atoms with Gasteiger partial charge < -0.3 is 9.80 Å². The van der Waals surface area contributed by atoms with E-state index in [0.717, 1.165) is 13.1 Å². The first kappa shape index (κ1) is 25.0. The summed E-state index contributed by atoms with van der Waals surface area (Å²) >= 11 is 1.29. The van der Waals surface area contributed by atoms with E-state index in [-0.39, 0.29) is 29.0 Å². The molecular formula is C27H31FN4O2S. The van der Waals surface area contributed by atoms with Crippen molar-refractivity contribution >= 4 is 23.4 Å². The largest absolute Gasteiger partial charge is 0.368 e. The van der Waals surface area contributed by atoms with Gasteiger partial charge in [-0.15, -0.1) is 0 Å². The minimum atomic E-state index is -0.380. The maximum Gasteiger partial charge on any atom is 0.257 e. The summed E-state index contributed by atoms with van der Waals surface area (Å²) in [5.74, 6) is -0.295. The first-order chi connectivity index (χ1) is 16.8. The van der Waals surface area contributed by atoms with Crippen molar-refractivity contribution in [1.29, 1.82) is 0 Å². The van der Waals surface area contributed by atoms with Gasteiger partial charge in [0.25, 0.3) is 5.56 Å². The Morgan fingerprint density at radius 1 is 1.06 bits per heavy atom. The molecule has 0 radical (unpaired) electrons. The quantitative estimate of drug-likeness (QED) is 0.384. The zero-order valence-electron chi connectivity index (χ0n) is 20.6. The number of amides is 1. The molecule has 3 aromatic rings. The number of hydrogen-bond donors (Lipinski definition) is 0. The van der Waals surface area contributed by atoms with Gasteiger partial charge in [-0.3, -0.25) is 14.2 Å². The summed E-state index contributed by atoms with van der Waals surface area (Å²) in [7, 11) is 1.65. The number of rotatable bonds is 6. The zero-order valence-corrected chi connectivity index (χ0v) is 21.4. The van der Waals surface area contributed by atoms with E-state index in [2.05, 4.69) is 28.9 Å². The molecule has 1 unspecified atom stereocenters. The predicted molar refractivity (Wildman–Crippen MR) is 139 cm³/mol. The van der Waals surface area contributed by atoms with Crippen molar-refractivity contribution in [2.24, 2.45) is 7.05 Å². The van der Waals surface area contributed by atoms with Gasteiger partial charge in [-0.1, -0.05) is 48.2 Å². The van der Waals surface area contributed by atoms with E-state index in [1.165, 1.54) is 33.6 Å². The van der Waals surface area contributed by atoms with Crippen molar-refractivity contribution in [3.8, 4) is 0 Å². The number of halogens is 1. The van der Waals surface area contributed by atoms with E-state index in [1.54, 1.807) is 32.2 Å². The Hall–Kier alpha value is -3.13. The number of carbonyl (C=O) groups excluding carboxylic acids is 1. The average Bonchev–Trinajstić information content (AvgIpc) is 2.86. The summed E-state index contributed by atoms with van der Waals surface area (Å²) in [5.41, 5.74) is 3.72. The number of nitrogens with zero attached hydrogens (tertiary/aromatic N) is 4. The Balaban J connectivity index is 1.43. The van der Waals surface area contributed by atoms with Crippen LogP contribution < -0.4 is 10.5 Å². The molecular weight excluding hydrogens is 463 g/mol. The third-order valence-electron chi connectivity index (χ3n) is 6.55. The molecule has 2 aromatic carbocycles. The van der Waals surface area contributed by atoms with Gasteiger partial charge in [0.05, 0.1) is 5.25 Å². The summed E-state index contributed by atoms with van der Waals surface area (Å²) in [4.78, 5) is 35.1. The predicted octanol–water partition coefficient (Wildman–Crippen LogP) is 3.96. The molecule has 1 saturated heterocycles. The number of piperazine rings is 1. The highest BCUT2D eigenvalue weighted by molar-refractivity contribution is 8.00. The number of anilines is 1. The van der Waals surface area contributed by atoms with Crippen molar-refractivity contribution in [2.45, 2.75) is 37.6 Å². The first-order valence-corrected chi connectivity index (χ1v) is 12.7. The molecule has 1 atom stereocenters. The molecule has 6 nitrogen and oxygen atoms in total. The summed E-state index contributed by atoms with van der Waals surface area (Å²) in [6, 6.07) is 14.7. The van der Waals surface area contributed by atoms with Crippen LogP contribution in [-0.4, -0.2) is 51.8 Å². The van der Waals surface area contributed by atoms with Crippen molar-refractivity contribution < 1.29 is 9.18 Å². The molecule has 0 N–H and O–H groups in total. The fourth-order valence-electron chi connectivity index (χ4n) is 4.42. The Bertz CT molecular complexity index is 1280. The number of benzene rings is 2. The molecule has 1 aliphatic rings. The number of aryl methyl sites for hydroxylation is 2. The van der Waals surface area contributed by atoms with Crippen LogP contribution in [-0.2, 0) is 18.3 Å². The van der Waals surface area contributed by atoms with Crippen molar-refractivity contribution in [1.82, 2.24) is 14.5 Å². The maximum atomic E-state index is 14.1. The molecule has 0 aliphatic carbocycles. The minimum Gasteiger partial charge on any atom is -0.368 e. The number of hydrogen-bond acceptors (Lipinski definition) is 5. The van der Waals surface area contributed by atoms with Gasteiger partial charge in [0.1, 0.15) is 5.82 Å². The van der Waals surface area contributed by atoms with Crippen LogP contribution in [0.5, 0.6) is 0 Å². The number of carbonyl (C=O) groups is 1. The van der Waals surface area contributed by atoms with Gasteiger partial charge in [-0.2, -0.15) is 0 Å². The monoisotopic (exact) mass is 494 g/mol. The maximum absolute atomic E-state index is 14.1. The van der Waals surface area contributed by atoms with Crippen LogP contribution in [0.15, 0.2) is 58.5 Å². The summed E-state index contributed by atoms with van der Waals surface area (Å²) in [6.07, 6.45) is 0.183. The van der Waals surface area contributed by atoms with Crippen LogP contribution in [0, 0.1) is 19.7 Å². The molecule has 1 fully saturated rings. The van der Waals surface area contributed by atoms with Crippen molar-refractivity contribution in [3.05, 3.63) is 87.1 Å². The highest BCUT2D eigenvalue weighted by atomic mass is 32.2. The van der Waals surface area contributed by atoms with Gasteiger partial charge in [0, 0.05) is 56.6 Å². The lowest BCUT2D eigenvalue weighted by Gasteiger charge is -2.37. The molecule has 4 rings (SSSR count). The van der Waals surface area contributed by atoms with Crippen LogP contribution in [0.2, 0.25) is 0 Å². The fourth-order valence-corrected chi connectivity index (χ4v) is 5.42. The van der Waals surface area contributed by atoms with Crippen LogP contribution in [0.3, 0.4) is 0 Å². The van der Waals surface area contributed by atoms with Crippen molar-refractivity contribution in [3.63, 3.8) is 0 Å². The topological polar surface area (TPSA) is 58.4 Å². The molecule has 1 amide bonds. The Morgan fingerprint density at radius 3 is 2.40 bits per heavy atom. The SMILES string of the molecule is Cc1ccccc1N1CCN(C(=O)C(C)Sc2nc(C)c(Cc3ccccc3F)c(=O)n2C)CC1. The molecule has 184 valence electrons. The number of aromatic nitrogens is 2. The van der Waals surface area contributed by atoms with E-state index in [4.69, 9.17) is 0 Å². The van der Waals surface area contributed by atoms with E-state index in [9.17, 15) is 14.0 Å². The zero-order chi connectivity index (χ0) is 25.1. The second-order valence-electron chi connectivity index (χ2n) is 8.95. The Labute approximate surface area is 209 Å². The first-order valence-electron chi connectivity index (χ1n) is 11.8. The van der Waals surface area contributed by atoms with Crippen LogP contribution in [0.25, 0.3) is 0 Å². The molecule has 1 aromatic heterocycles. The summed E-state index contributed by atoms with van der Waals surface area (Å²) < 4.78 is 15.6. The second kappa shape index (κ2) is 10.6. The fraction of sp³-hybridized carbons (Fsp3) is 0.370. The second-order valence-corrected chi connectivity index (χ2v) is 10.3. The lowest BCUT2D eigenvalue weighted by molar-refractivity contribution is -0.130. The van der Waals surface area contributed by atoms with Crippen LogP contribution in [0.4, 0.5) is 10.1 Å². The summed E-state index contributed by atoms with van der Waals surface area (Å²) in [6.45, 7) is 8.61. The summed E-state index contributed by atoms with van der Waals surface area (Å²) in [5, 5.41) is 0.110. The minimum absolute atomic E-state index is 0.0433. The number of para-hydroxylation sites is 1. The van der Waals surface area contributed by atoms with Gasteiger partial charge in [0.15, 0.2) is 5.16 Å². The number of thioether (sulfide) groups is 1. The van der Waals surface area contributed by atoms with E-state index >= 15 is 0 Å². The molecule has 0 bridgehead atoms. The highest BCUT2D eigenvalue weighted by Crippen LogP contribution is 2.25. The van der Waals surface area contributed by atoms with E-state index < -0.39 is 0 Å². The lowest BCUT2D eigenvalue weighted by atomic mass is 10.0. The molecule has 8 heteroatoms. The van der Waals surface area contributed by atoms with E-state index in [0.29, 0.717) is 35.1 Å². The van der Waals surface area contributed by atoms with Gasteiger partial charge in [-0.25, -0.2) is 9.37 Å². The highest BCUT2D eigenvalue weighted by Gasteiger charge is 2.27. The third-order valence-corrected chi connectivity index (χ3v) is 7.68. The molecule has 2 heterocycles. The Kier molecular flexibility index (Phi) is 7.60. The average molecular weight is 495 g/mol. The smallest absolute Gasteiger partial charge is 0.257 e. The molecule has 0 saturated carbocycles. The Morgan fingerprint density at radius 2 is 1.71 bits per heavy atom. The third kappa shape index (κ3) is 5.42. The van der Waals surface area contributed by atoms with Crippen LogP contribution >= 0.6 is 11.8 Å². The van der Waals surface area contributed by atoms with Crippen molar-refractivity contribution in [2.75, 3.05) is 31.1 Å². The lowest BCUT2D eigenvalue weighted by Crippen LogP contribution is -2.50.